The van der Waals surface area contributed by atoms with Crippen molar-refractivity contribution in [2.24, 2.45) is 0 Å². The standard InChI is InChI=1S/C13H9Cl2NO2/c14-9-5-8(6-10(15)7-9)11-3-1-2-4-12(11)16-13(17)18/h1-7,16H,(H,17,18). The lowest BCUT2D eigenvalue weighted by atomic mass is 10.0. The van der Waals surface area contributed by atoms with Crippen LogP contribution in [0.5, 0.6) is 0 Å². The van der Waals surface area contributed by atoms with Crippen LogP contribution in [0.15, 0.2) is 42.5 Å². The van der Waals surface area contributed by atoms with Crippen molar-refractivity contribution < 1.29 is 9.90 Å². The Balaban J connectivity index is 2.52. The topological polar surface area (TPSA) is 49.3 Å². The van der Waals surface area contributed by atoms with Gasteiger partial charge in [-0.2, -0.15) is 0 Å². The molecule has 0 saturated heterocycles. The highest BCUT2D eigenvalue weighted by Gasteiger charge is 2.08. The number of amides is 1. The maximum atomic E-state index is 10.7. The van der Waals surface area contributed by atoms with E-state index in [2.05, 4.69) is 5.32 Å². The predicted octanol–water partition coefficient (Wildman–Crippen LogP) is 4.75. The molecule has 18 heavy (non-hydrogen) atoms. The molecule has 2 N–H and O–H groups in total. The molecule has 0 heterocycles. The van der Waals surface area contributed by atoms with E-state index in [9.17, 15) is 4.79 Å². The average molecular weight is 282 g/mol. The van der Waals surface area contributed by atoms with Crippen LogP contribution in [-0.2, 0) is 0 Å². The van der Waals surface area contributed by atoms with Crippen LogP contribution in [-0.4, -0.2) is 11.2 Å². The predicted molar refractivity (Wildman–Crippen MR) is 73.5 cm³/mol. The molecular weight excluding hydrogens is 273 g/mol. The summed E-state index contributed by atoms with van der Waals surface area (Å²) < 4.78 is 0. The van der Waals surface area contributed by atoms with Gasteiger partial charge in [0.25, 0.3) is 0 Å². The van der Waals surface area contributed by atoms with Gasteiger partial charge in [-0.05, 0) is 29.8 Å². The number of benzene rings is 2. The lowest BCUT2D eigenvalue weighted by Crippen LogP contribution is -2.08. The Bertz CT molecular complexity index is 579. The molecule has 0 aliphatic rings. The molecule has 2 rings (SSSR count). The average Bonchev–Trinajstić information content (AvgIpc) is 2.27. The maximum absolute atomic E-state index is 10.7. The molecule has 2 aromatic carbocycles. The molecule has 0 aromatic heterocycles. The summed E-state index contributed by atoms with van der Waals surface area (Å²) in [7, 11) is 0. The van der Waals surface area contributed by atoms with E-state index in [4.69, 9.17) is 28.3 Å². The van der Waals surface area contributed by atoms with Crippen molar-refractivity contribution in [3.63, 3.8) is 0 Å². The molecule has 92 valence electrons. The molecule has 0 aliphatic heterocycles. The molecule has 0 unspecified atom stereocenters. The van der Waals surface area contributed by atoms with E-state index in [0.717, 1.165) is 11.1 Å². The molecule has 0 fully saturated rings. The number of carbonyl (C=O) groups is 1. The molecule has 0 atom stereocenters. The summed E-state index contributed by atoms with van der Waals surface area (Å²) in [5.74, 6) is 0. The van der Waals surface area contributed by atoms with Gasteiger partial charge in [-0.1, -0.05) is 41.4 Å². The molecule has 0 bridgehead atoms. The largest absolute Gasteiger partial charge is 0.465 e. The van der Waals surface area contributed by atoms with Gasteiger partial charge >= 0.3 is 6.09 Å². The highest BCUT2D eigenvalue weighted by molar-refractivity contribution is 6.35. The van der Waals surface area contributed by atoms with Gasteiger partial charge in [-0.15, -0.1) is 0 Å². The Kier molecular flexibility index (Phi) is 3.75. The summed E-state index contributed by atoms with van der Waals surface area (Å²) in [6.07, 6.45) is -1.12. The minimum atomic E-state index is -1.12. The van der Waals surface area contributed by atoms with Crippen molar-refractivity contribution in [3.8, 4) is 11.1 Å². The van der Waals surface area contributed by atoms with Gasteiger partial charge in [-0.3, -0.25) is 5.32 Å². The second kappa shape index (κ2) is 5.29. The Morgan fingerprint density at radius 3 is 2.28 bits per heavy atom. The Hall–Kier alpha value is -1.71. The van der Waals surface area contributed by atoms with Crippen molar-refractivity contribution in [1.82, 2.24) is 0 Å². The molecule has 0 radical (unpaired) electrons. The van der Waals surface area contributed by atoms with Crippen LogP contribution in [0.25, 0.3) is 11.1 Å². The van der Waals surface area contributed by atoms with E-state index in [0.29, 0.717) is 15.7 Å². The highest BCUT2D eigenvalue weighted by Crippen LogP contribution is 2.32. The van der Waals surface area contributed by atoms with Crippen LogP contribution in [0.3, 0.4) is 0 Å². The van der Waals surface area contributed by atoms with Crippen molar-refractivity contribution in [3.05, 3.63) is 52.5 Å². The first kappa shape index (κ1) is 12.7. The van der Waals surface area contributed by atoms with Crippen LogP contribution in [0.4, 0.5) is 10.5 Å². The third-order valence-corrected chi connectivity index (χ3v) is 2.78. The first-order chi connectivity index (χ1) is 8.56. The SMILES string of the molecule is O=C(O)Nc1ccccc1-c1cc(Cl)cc(Cl)c1. The first-order valence-electron chi connectivity index (χ1n) is 5.12. The van der Waals surface area contributed by atoms with E-state index in [1.165, 1.54) is 0 Å². The normalized spacial score (nSPS) is 10.1. The zero-order valence-electron chi connectivity index (χ0n) is 9.15. The third-order valence-electron chi connectivity index (χ3n) is 2.34. The van der Waals surface area contributed by atoms with Gasteiger partial charge in [0, 0.05) is 15.6 Å². The number of hydrogen-bond donors (Lipinski definition) is 2. The second-order valence-corrected chi connectivity index (χ2v) is 4.51. The molecule has 2 aromatic rings. The lowest BCUT2D eigenvalue weighted by Gasteiger charge is -2.09. The van der Waals surface area contributed by atoms with Crippen LogP contribution in [0.2, 0.25) is 10.0 Å². The first-order valence-corrected chi connectivity index (χ1v) is 5.87. The van der Waals surface area contributed by atoms with Gasteiger partial charge in [0.1, 0.15) is 0 Å². The van der Waals surface area contributed by atoms with E-state index < -0.39 is 6.09 Å². The van der Waals surface area contributed by atoms with Crippen LogP contribution >= 0.6 is 23.2 Å². The van der Waals surface area contributed by atoms with E-state index >= 15 is 0 Å². The van der Waals surface area contributed by atoms with Gasteiger partial charge in [0.15, 0.2) is 0 Å². The minimum Gasteiger partial charge on any atom is -0.465 e. The van der Waals surface area contributed by atoms with Crippen molar-refractivity contribution >= 4 is 35.0 Å². The Labute approximate surface area is 114 Å². The summed E-state index contributed by atoms with van der Waals surface area (Å²) in [5.41, 5.74) is 1.98. The highest BCUT2D eigenvalue weighted by atomic mass is 35.5. The van der Waals surface area contributed by atoms with Gasteiger partial charge in [0.05, 0.1) is 5.69 Å². The molecule has 0 spiro atoms. The van der Waals surface area contributed by atoms with Crippen molar-refractivity contribution in [1.29, 1.82) is 0 Å². The van der Waals surface area contributed by atoms with Gasteiger partial charge < -0.3 is 5.11 Å². The smallest absolute Gasteiger partial charge is 0.409 e. The quantitative estimate of drug-likeness (QED) is 0.835. The van der Waals surface area contributed by atoms with Gasteiger partial charge in [0.2, 0.25) is 0 Å². The second-order valence-electron chi connectivity index (χ2n) is 3.63. The zero-order chi connectivity index (χ0) is 13.1. The minimum absolute atomic E-state index is 0.489. The van der Waals surface area contributed by atoms with Gasteiger partial charge in [-0.25, -0.2) is 4.79 Å². The zero-order valence-corrected chi connectivity index (χ0v) is 10.7. The molecule has 5 heteroatoms. The third kappa shape index (κ3) is 2.94. The number of para-hydroxylation sites is 1. The molecule has 0 aliphatic carbocycles. The van der Waals surface area contributed by atoms with Crippen molar-refractivity contribution in [2.75, 3.05) is 5.32 Å². The fourth-order valence-electron chi connectivity index (χ4n) is 1.67. The fourth-order valence-corrected chi connectivity index (χ4v) is 2.19. The van der Waals surface area contributed by atoms with Crippen molar-refractivity contribution in [2.45, 2.75) is 0 Å². The lowest BCUT2D eigenvalue weighted by molar-refractivity contribution is 0.210. The van der Waals surface area contributed by atoms with Crippen LogP contribution < -0.4 is 5.32 Å². The summed E-state index contributed by atoms with van der Waals surface area (Å²) in [5, 5.41) is 12.1. The fraction of sp³-hybridized carbons (Fsp3) is 0. The number of rotatable bonds is 2. The molecular formula is C13H9Cl2NO2. The number of nitrogens with one attached hydrogen (secondary N) is 1. The summed E-state index contributed by atoms with van der Waals surface area (Å²) >= 11 is 11.9. The number of anilines is 1. The number of hydrogen-bond acceptors (Lipinski definition) is 1. The monoisotopic (exact) mass is 281 g/mol. The Morgan fingerprint density at radius 1 is 1.06 bits per heavy atom. The van der Waals surface area contributed by atoms with Crippen LogP contribution in [0, 0.1) is 0 Å². The molecule has 3 nitrogen and oxygen atoms in total. The van der Waals surface area contributed by atoms with Crippen LogP contribution in [0.1, 0.15) is 0 Å². The Morgan fingerprint density at radius 2 is 1.67 bits per heavy atom. The van der Waals surface area contributed by atoms with E-state index in [-0.39, 0.29) is 0 Å². The summed E-state index contributed by atoms with van der Waals surface area (Å²) in [4.78, 5) is 10.7. The maximum Gasteiger partial charge on any atom is 0.409 e. The summed E-state index contributed by atoms with van der Waals surface area (Å²) in [6, 6.07) is 12.1. The molecule has 0 saturated carbocycles. The number of halogens is 2. The summed E-state index contributed by atoms with van der Waals surface area (Å²) in [6.45, 7) is 0. The van der Waals surface area contributed by atoms with E-state index in [1.54, 1.807) is 36.4 Å². The molecule has 1 amide bonds. The van der Waals surface area contributed by atoms with E-state index in [1.807, 2.05) is 6.07 Å². The number of carboxylic acid groups (broad SMARTS) is 1.